The van der Waals surface area contributed by atoms with Gasteiger partial charge in [-0.3, -0.25) is 4.79 Å². The van der Waals surface area contributed by atoms with Crippen LogP contribution in [0, 0.1) is 6.92 Å². The van der Waals surface area contributed by atoms with Crippen molar-refractivity contribution in [3.63, 3.8) is 0 Å². The van der Waals surface area contributed by atoms with Crippen molar-refractivity contribution in [1.82, 2.24) is 19.1 Å². The molecule has 1 amide bonds. The molecule has 1 aliphatic heterocycles. The summed E-state index contributed by atoms with van der Waals surface area (Å²) < 4.78 is 28.6. The molecule has 2 aromatic heterocycles. The van der Waals surface area contributed by atoms with E-state index in [-0.39, 0.29) is 10.8 Å². The van der Waals surface area contributed by atoms with Gasteiger partial charge in [-0.25, -0.2) is 18.1 Å². The number of carbonyl (C=O) groups is 1. The quantitative estimate of drug-likeness (QED) is 0.678. The van der Waals surface area contributed by atoms with E-state index in [1.807, 2.05) is 18.2 Å². The monoisotopic (exact) mass is 425 g/mol. The highest BCUT2D eigenvalue weighted by Gasteiger charge is 2.25. The van der Waals surface area contributed by atoms with Crippen LogP contribution in [-0.4, -0.2) is 46.5 Å². The van der Waals surface area contributed by atoms with Crippen LogP contribution in [0.5, 0.6) is 0 Å². The van der Waals surface area contributed by atoms with E-state index in [9.17, 15) is 13.2 Å². The van der Waals surface area contributed by atoms with Crippen LogP contribution < -0.4 is 5.32 Å². The molecule has 1 N–H and O–H groups in total. The van der Waals surface area contributed by atoms with E-state index in [1.165, 1.54) is 22.6 Å². The first kappa shape index (κ1) is 20.2. The third-order valence-electron chi connectivity index (χ3n) is 5.19. The SMILES string of the molecule is Cc1c(C(=O)Nc2ccc(S(=O)(=O)N3CCCCC3)cc2)cnn1-c1ccccn1. The van der Waals surface area contributed by atoms with Gasteiger partial charge in [-0.2, -0.15) is 9.40 Å². The summed E-state index contributed by atoms with van der Waals surface area (Å²) in [4.78, 5) is 17.2. The second kappa shape index (κ2) is 8.37. The van der Waals surface area contributed by atoms with Gasteiger partial charge in [-0.15, -0.1) is 0 Å². The second-order valence-electron chi connectivity index (χ2n) is 7.19. The number of anilines is 1. The minimum Gasteiger partial charge on any atom is -0.322 e. The van der Waals surface area contributed by atoms with Crippen LogP contribution >= 0.6 is 0 Å². The van der Waals surface area contributed by atoms with Crippen molar-refractivity contribution in [2.45, 2.75) is 31.1 Å². The average molecular weight is 426 g/mol. The van der Waals surface area contributed by atoms with Crippen molar-refractivity contribution < 1.29 is 13.2 Å². The van der Waals surface area contributed by atoms with Crippen LogP contribution in [-0.2, 0) is 10.0 Å². The van der Waals surface area contributed by atoms with Gasteiger partial charge in [0.1, 0.15) is 0 Å². The first-order chi connectivity index (χ1) is 14.5. The maximum Gasteiger partial charge on any atom is 0.259 e. The van der Waals surface area contributed by atoms with Gasteiger partial charge in [0.15, 0.2) is 5.82 Å². The van der Waals surface area contributed by atoms with Gasteiger partial charge in [-0.05, 0) is 56.2 Å². The highest BCUT2D eigenvalue weighted by molar-refractivity contribution is 7.89. The molecule has 1 saturated heterocycles. The number of nitrogens with one attached hydrogen (secondary N) is 1. The lowest BCUT2D eigenvalue weighted by Gasteiger charge is -2.25. The molecule has 1 fully saturated rings. The molecule has 0 atom stereocenters. The zero-order chi connectivity index (χ0) is 21.1. The molecule has 3 aromatic rings. The summed E-state index contributed by atoms with van der Waals surface area (Å²) in [6.45, 7) is 2.91. The number of amides is 1. The normalized spacial score (nSPS) is 15.1. The van der Waals surface area contributed by atoms with Gasteiger partial charge in [0.05, 0.1) is 22.3 Å². The molecule has 0 aliphatic carbocycles. The van der Waals surface area contributed by atoms with Gasteiger partial charge in [-0.1, -0.05) is 12.5 Å². The van der Waals surface area contributed by atoms with Crippen LogP contribution in [0.3, 0.4) is 0 Å². The smallest absolute Gasteiger partial charge is 0.259 e. The number of aromatic nitrogens is 3. The Hall–Kier alpha value is -3.04. The summed E-state index contributed by atoms with van der Waals surface area (Å²) in [5.41, 5.74) is 1.60. The van der Waals surface area contributed by atoms with E-state index in [0.717, 1.165) is 19.3 Å². The summed E-state index contributed by atoms with van der Waals surface area (Å²) in [5, 5.41) is 7.06. The average Bonchev–Trinajstić information content (AvgIpc) is 3.17. The van der Waals surface area contributed by atoms with Crippen LogP contribution in [0.25, 0.3) is 5.82 Å². The standard InChI is InChI=1S/C21H23N5O3S/c1-16-19(15-23-26(16)20-7-3-4-12-22-20)21(27)24-17-8-10-18(11-9-17)30(28,29)25-13-5-2-6-14-25/h3-4,7-12,15H,2,5-6,13-14H2,1H3,(H,24,27). The summed E-state index contributed by atoms with van der Waals surface area (Å²) in [7, 11) is -3.49. The number of nitrogens with zero attached hydrogens (tertiary/aromatic N) is 4. The van der Waals surface area contributed by atoms with E-state index in [0.29, 0.717) is 35.9 Å². The van der Waals surface area contributed by atoms with Crippen LogP contribution in [0.4, 0.5) is 5.69 Å². The highest BCUT2D eigenvalue weighted by atomic mass is 32.2. The Morgan fingerprint density at radius 2 is 1.77 bits per heavy atom. The molecule has 156 valence electrons. The molecule has 3 heterocycles. The predicted octanol–water partition coefficient (Wildman–Crippen LogP) is 3.00. The molecule has 8 nitrogen and oxygen atoms in total. The fraction of sp³-hybridized carbons (Fsp3) is 0.286. The van der Waals surface area contributed by atoms with Gasteiger partial charge in [0.25, 0.3) is 5.91 Å². The molecule has 0 unspecified atom stereocenters. The number of hydrogen-bond donors (Lipinski definition) is 1. The van der Waals surface area contributed by atoms with Crippen molar-refractivity contribution in [3.8, 4) is 5.82 Å². The van der Waals surface area contributed by atoms with E-state index < -0.39 is 10.0 Å². The molecule has 0 bridgehead atoms. The van der Waals surface area contributed by atoms with E-state index >= 15 is 0 Å². The molecule has 9 heteroatoms. The first-order valence-electron chi connectivity index (χ1n) is 9.84. The lowest BCUT2D eigenvalue weighted by atomic mass is 10.2. The Morgan fingerprint density at radius 3 is 2.43 bits per heavy atom. The van der Waals surface area contributed by atoms with E-state index in [1.54, 1.807) is 29.9 Å². The zero-order valence-corrected chi connectivity index (χ0v) is 17.5. The molecule has 0 spiro atoms. The van der Waals surface area contributed by atoms with Crippen molar-refractivity contribution in [2.75, 3.05) is 18.4 Å². The van der Waals surface area contributed by atoms with Crippen molar-refractivity contribution in [1.29, 1.82) is 0 Å². The molecule has 1 aliphatic rings. The fourth-order valence-electron chi connectivity index (χ4n) is 3.51. The molecule has 30 heavy (non-hydrogen) atoms. The van der Waals surface area contributed by atoms with Crippen LogP contribution in [0.2, 0.25) is 0 Å². The fourth-order valence-corrected chi connectivity index (χ4v) is 5.02. The molecule has 0 radical (unpaired) electrons. The van der Waals surface area contributed by atoms with Gasteiger partial charge < -0.3 is 5.32 Å². The van der Waals surface area contributed by atoms with Gasteiger partial charge in [0, 0.05) is 25.0 Å². The summed E-state index contributed by atoms with van der Waals surface area (Å²) >= 11 is 0. The molecule has 0 saturated carbocycles. The topological polar surface area (TPSA) is 97.2 Å². The van der Waals surface area contributed by atoms with Gasteiger partial charge in [0.2, 0.25) is 10.0 Å². The third-order valence-corrected chi connectivity index (χ3v) is 7.10. The first-order valence-corrected chi connectivity index (χ1v) is 11.3. The zero-order valence-electron chi connectivity index (χ0n) is 16.7. The number of sulfonamides is 1. The predicted molar refractivity (Wildman–Crippen MR) is 113 cm³/mol. The van der Waals surface area contributed by atoms with Gasteiger partial charge >= 0.3 is 0 Å². The number of hydrogen-bond acceptors (Lipinski definition) is 5. The van der Waals surface area contributed by atoms with Crippen molar-refractivity contribution in [3.05, 3.63) is 66.1 Å². The minimum absolute atomic E-state index is 0.238. The van der Waals surface area contributed by atoms with Crippen molar-refractivity contribution >= 4 is 21.6 Å². The number of piperidine rings is 1. The number of rotatable bonds is 5. The highest BCUT2D eigenvalue weighted by Crippen LogP contribution is 2.22. The Labute approximate surface area is 175 Å². The van der Waals surface area contributed by atoms with E-state index in [2.05, 4.69) is 15.4 Å². The van der Waals surface area contributed by atoms with Crippen LogP contribution in [0.15, 0.2) is 59.8 Å². The van der Waals surface area contributed by atoms with Crippen molar-refractivity contribution in [2.24, 2.45) is 0 Å². The molecular weight excluding hydrogens is 402 g/mol. The second-order valence-corrected chi connectivity index (χ2v) is 9.12. The lowest BCUT2D eigenvalue weighted by molar-refractivity contribution is 0.102. The van der Waals surface area contributed by atoms with Crippen LogP contribution in [0.1, 0.15) is 35.3 Å². The summed E-state index contributed by atoms with van der Waals surface area (Å²) in [6, 6.07) is 11.7. The Morgan fingerprint density at radius 1 is 1.03 bits per heavy atom. The van der Waals surface area contributed by atoms with E-state index in [4.69, 9.17) is 0 Å². The lowest BCUT2D eigenvalue weighted by Crippen LogP contribution is -2.35. The number of carbonyl (C=O) groups excluding carboxylic acids is 1. The molecule has 4 rings (SSSR count). The molecule has 1 aromatic carbocycles. The largest absolute Gasteiger partial charge is 0.322 e. The Kier molecular flexibility index (Phi) is 5.65. The third kappa shape index (κ3) is 3.99. The minimum atomic E-state index is -3.49. The Balaban J connectivity index is 1.49. The molecular formula is C21H23N5O3S. The Bertz CT molecular complexity index is 1140. The summed E-state index contributed by atoms with van der Waals surface area (Å²) in [6.07, 6.45) is 6.00. The summed E-state index contributed by atoms with van der Waals surface area (Å²) in [5.74, 6) is 0.308. The number of pyridine rings is 1. The number of benzene rings is 1. The maximum absolute atomic E-state index is 12.7. The maximum atomic E-state index is 12.7.